The summed E-state index contributed by atoms with van der Waals surface area (Å²) in [5, 5.41) is 0.649. The van der Waals surface area contributed by atoms with Crippen molar-refractivity contribution in [3.8, 4) is 16.5 Å². The highest BCUT2D eigenvalue weighted by atomic mass is 32.2. The zero-order valence-corrected chi connectivity index (χ0v) is 22.1. The molecule has 5 rings (SSSR count). The zero-order valence-electron chi connectivity index (χ0n) is 20.5. The largest absolute Gasteiger partial charge is 0.467 e. The van der Waals surface area contributed by atoms with Crippen LogP contribution in [0, 0.1) is 5.92 Å². The van der Waals surface area contributed by atoms with Crippen molar-refractivity contribution >= 4 is 37.5 Å². The van der Waals surface area contributed by atoms with Crippen LogP contribution in [0.2, 0.25) is 0 Å². The Kier molecular flexibility index (Phi) is 6.85. The molecule has 0 aromatic carbocycles. The van der Waals surface area contributed by atoms with E-state index < -0.39 is 9.84 Å². The minimum Gasteiger partial charge on any atom is -0.467 e. The summed E-state index contributed by atoms with van der Waals surface area (Å²) >= 11 is 1.42. The summed E-state index contributed by atoms with van der Waals surface area (Å²) in [6.45, 7) is 6.01. The average Bonchev–Trinajstić information content (AvgIpc) is 3.30. The van der Waals surface area contributed by atoms with Gasteiger partial charge in [0.1, 0.15) is 16.5 Å². The molecular weight excluding hydrogens is 496 g/mol. The van der Waals surface area contributed by atoms with Crippen molar-refractivity contribution in [2.24, 2.45) is 5.92 Å². The molecule has 11 heteroatoms. The van der Waals surface area contributed by atoms with Crippen molar-refractivity contribution in [3.63, 3.8) is 0 Å². The standard InChI is InChI=1S/C25H28N6O3S2/c1-4-17-13-27-24(28-14-17)31-11-9-18(10-12-31)16(2)34-25-30-21-7-6-20(29-23(21)35-25)19-5-8-22(26-15-19)36(3,32)33/h5-8,13-16,18H,4,9-12H2,1-3H3. The average molecular weight is 525 g/mol. The van der Waals surface area contributed by atoms with Gasteiger partial charge in [-0.15, -0.1) is 0 Å². The van der Waals surface area contributed by atoms with Gasteiger partial charge in [-0.1, -0.05) is 18.3 Å². The maximum absolute atomic E-state index is 11.7. The normalized spacial score (nSPS) is 15.8. The summed E-state index contributed by atoms with van der Waals surface area (Å²) < 4.78 is 29.6. The van der Waals surface area contributed by atoms with E-state index in [1.165, 1.54) is 23.6 Å². The smallest absolute Gasteiger partial charge is 0.276 e. The molecular formula is C25H28N6O3S2. The number of nitrogens with zero attached hydrogens (tertiary/aromatic N) is 6. The van der Waals surface area contributed by atoms with Crippen LogP contribution in [0.25, 0.3) is 21.6 Å². The highest BCUT2D eigenvalue weighted by Gasteiger charge is 2.27. The molecule has 1 unspecified atom stereocenters. The molecule has 1 aliphatic heterocycles. The third-order valence-electron chi connectivity index (χ3n) is 6.52. The van der Waals surface area contributed by atoms with Gasteiger partial charge in [-0.05, 0) is 61.9 Å². The summed E-state index contributed by atoms with van der Waals surface area (Å²) in [5.74, 6) is 1.22. The fourth-order valence-electron chi connectivity index (χ4n) is 4.28. The lowest BCUT2D eigenvalue weighted by atomic mass is 9.92. The molecule has 1 aliphatic rings. The van der Waals surface area contributed by atoms with Crippen molar-refractivity contribution in [2.45, 2.75) is 44.2 Å². The van der Waals surface area contributed by atoms with Gasteiger partial charge in [0.05, 0.1) is 5.69 Å². The van der Waals surface area contributed by atoms with Gasteiger partial charge in [-0.3, -0.25) is 0 Å². The second kappa shape index (κ2) is 10.1. The number of pyridine rings is 2. The molecule has 1 atom stereocenters. The van der Waals surface area contributed by atoms with Crippen molar-refractivity contribution in [1.82, 2.24) is 24.9 Å². The summed E-state index contributed by atoms with van der Waals surface area (Å²) in [5.41, 5.74) is 3.37. The lowest BCUT2D eigenvalue weighted by Gasteiger charge is -2.34. The molecule has 0 bridgehead atoms. The van der Waals surface area contributed by atoms with Gasteiger partial charge in [-0.2, -0.15) is 0 Å². The summed E-state index contributed by atoms with van der Waals surface area (Å²) in [7, 11) is -3.34. The number of hydrogen-bond acceptors (Lipinski definition) is 10. The molecule has 4 aromatic heterocycles. The monoisotopic (exact) mass is 524 g/mol. The molecule has 0 spiro atoms. The van der Waals surface area contributed by atoms with Crippen LogP contribution in [0.15, 0.2) is 47.9 Å². The Morgan fingerprint density at radius 3 is 2.44 bits per heavy atom. The maximum atomic E-state index is 11.7. The van der Waals surface area contributed by atoms with Gasteiger partial charge in [0, 0.05) is 43.5 Å². The SMILES string of the molecule is CCc1cnc(N2CCC(C(C)Oc3nc4ccc(-c5ccc(S(C)(=O)=O)nc5)nc4s3)CC2)nc1. The molecule has 4 aromatic rings. The van der Waals surface area contributed by atoms with E-state index in [1.54, 1.807) is 6.07 Å². The van der Waals surface area contributed by atoms with E-state index in [-0.39, 0.29) is 11.1 Å². The van der Waals surface area contributed by atoms with Crippen molar-refractivity contribution in [3.05, 3.63) is 48.4 Å². The minimum atomic E-state index is -3.34. The third kappa shape index (κ3) is 5.31. The molecule has 36 heavy (non-hydrogen) atoms. The second-order valence-electron chi connectivity index (χ2n) is 9.05. The highest BCUT2D eigenvalue weighted by molar-refractivity contribution is 7.90. The lowest BCUT2D eigenvalue weighted by molar-refractivity contribution is 0.132. The van der Waals surface area contributed by atoms with Gasteiger partial charge in [0.25, 0.3) is 5.19 Å². The van der Waals surface area contributed by atoms with E-state index in [9.17, 15) is 8.42 Å². The minimum absolute atomic E-state index is 0.0308. The first-order valence-electron chi connectivity index (χ1n) is 12.0. The number of piperidine rings is 1. The first-order valence-corrected chi connectivity index (χ1v) is 14.7. The quantitative estimate of drug-likeness (QED) is 0.351. The lowest BCUT2D eigenvalue weighted by Crippen LogP contribution is -2.39. The van der Waals surface area contributed by atoms with Crippen molar-refractivity contribution < 1.29 is 13.2 Å². The topological polar surface area (TPSA) is 111 Å². The van der Waals surface area contributed by atoms with Crippen LogP contribution >= 0.6 is 11.3 Å². The molecule has 1 saturated heterocycles. The molecule has 0 aliphatic carbocycles. The first-order chi connectivity index (χ1) is 17.3. The Morgan fingerprint density at radius 2 is 1.81 bits per heavy atom. The van der Waals surface area contributed by atoms with Crippen LogP contribution in [-0.2, 0) is 16.3 Å². The fraction of sp³-hybridized carbons (Fsp3) is 0.400. The Morgan fingerprint density at radius 1 is 1.06 bits per heavy atom. The Balaban J connectivity index is 1.22. The molecule has 0 saturated carbocycles. The number of ether oxygens (including phenoxy) is 1. The number of sulfone groups is 1. The fourth-order valence-corrected chi connectivity index (χ4v) is 5.71. The number of aryl methyl sites for hydroxylation is 1. The maximum Gasteiger partial charge on any atom is 0.276 e. The molecule has 9 nitrogen and oxygen atoms in total. The van der Waals surface area contributed by atoms with Crippen LogP contribution in [0.4, 0.5) is 5.95 Å². The van der Waals surface area contributed by atoms with E-state index in [0.717, 1.165) is 66.0 Å². The van der Waals surface area contributed by atoms with E-state index in [1.807, 2.05) is 24.5 Å². The number of anilines is 1. The number of hydrogen-bond donors (Lipinski definition) is 0. The van der Waals surface area contributed by atoms with Gasteiger partial charge >= 0.3 is 0 Å². The number of thiazole rings is 1. The van der Waals surface area contributed by atoms with Crippen LogP contribution in [0.3, 0.4) is 0 Å². The predicted molar refractivity (Wildman–Crippen MR) is 140 cm³/mol. The van der Waals surface area contributed by atoms with E-state index in [0.29, 0.717) is 16.8 Å². The van der Waals surface area contributed by atoms with Crippen LogP contribution in [0.5, 0.6) is 5.19 Å². The molecule has 5 heterocycles. The van der Waals surface area contributed by atoms with Crippen LogP contribution in [0.1, 0.15) is 32.3 Å². The highest BCUT2D eigenvalue weighted by Crippen LogP contribution is 2.32. The van der Waals surface area contributed by atoms with Gasteiger partial charge in [-0.25, -0.2) is 33.3 Å². The summed E-state index contributed by atoms with van der Waals surface area (Å²) in [6, 6.07) is 6.97. The van der Waals surface area contributed by atoms with Gasteiger partial charge in [0.15, 0.2) is 14.9 Å². The molecule has 188 valence electrons. The Hall–Kier alpha value is -3.18. The van der Waals surface area contributed by atoms with Crippen LogP contribution in [-0.4, -0.2) is 58.8 Å². The zero-order chi connectivity index (χ0) is 25.3. The van der Waals surface area contributed by atoms with Crippen LogP contribution < -0.4 is 9.64 Å². The van der Waals surface area contributed by atoms with E-state index >= 15 is 0 Å². The number of aromatic nitrogens is 5. The van der Waals surface area contributed by atoms with E-state index in [2.05, 4.69) is 38.7 Å². The number of rotatable bonds is 7. The first kappa shape index (κ1) is 24.5. The Bertz CT molecular complexity index is 1450. The second-order valence-corrected chi connectivity index (χ2v) is 12.0. The third-order valence-corrected chi connectivity index (χ3v) is 8.38. The molecule has 0 N–H and O–H groups in total. The molecule has 0 amide bonds. The van der Waals surface area contributed by atoms with Crippen molar-refractivity contribution in [1.29, 1.82) is 0 Å². The Labute approximate surface area is 214 Å². The predicted octanol–water partition coefficient (Wildman–Crippen LogP) is 4.19. The number of fused-ring (bicyclic) bond motifs is 1. The molecule has 1 fully saturated rings. The van der Waals surface area contributed by atoms with Crippen molar-refractivity contribution in [2.75, 3.05) is 24.2 Å². The summed E-state index contributed by atoms with van der Waals surface area (Å²) in [6.07, 6.45) is 9.47. The summed E-state index contributed by atoms with van der Waals surface area (Å²) in [4.78, 5) is 25.4. The van der Waals surface area contributed by atoms with Gasteiger partial charge < -0.3 is 9.64 Å². The molecule has 0 radical (unpaired) electrons. The van der Waals surface area contributed by atoms with Gasteiger partial charge in [0.2, 0.25) is 5.95 Å². The van der Waals surface area contributed by atoms with E-state index in [4.69, 9.17) is 9.72 Å².